The number of para-hydroxylation sites is 1. The van der Waals surface area contributed by atoms with Crippen LogP contribution in [0, 0.1) is 0 Å². The minimum Gasteiger partial charge on any atom is -0.497 e. The molecule has 1 unspecified atom stereocenters. The van der Waals surface area contributed by atoms with Crippen LogP contribution in [0.3, 0.4) is 0 Å². The molecule has 0 bridgehead atoms. The first kappa shape index (κ1) is 23.2. The summed E-state index contributed by atoms with van der Waals surface area (Å²) in [6.07, 6.45) is 0. The molecule has 3 aromatic carbocycles. The van der Waals surface area contributed by atoms with Crippen molar-refractivity contribution in [3.05, 3.63) is 99.8 Å². The van der Waals surface area contributed by atoms with Crippen molar-refractivity contribution in [1.82, 2.24) is 9.88 Å². The molecule has 1 N–H and O–H groups in total. The number of ether oxygens (including phenoxy) is 2. The Morgan fingerprint density at radius 2 is 1.68 bits per heavy atom. The Bertz CT molecular complexity index is 1430. The van der Waals surface area contributed by atoms with Gasteiger partial charge in [-0.3, -0.25) is 9.59 Å². The third-order valence-electron chi connectivity index (χ3n) is 5.46. The fraction of sp³-hybridized carbons (Fsp3) is 0.115. The molecule has 0 saturated carbocycles. The number of benzene rings is 3. The lowest BCUT2D eigenvalue weighted by molar-refractivity contribution is 0.0589. The highest BCUT2D eigenvalue weighted by atomic mass is 31.0. The van der Waals surface area contributed by atoms with E-state index in [0.717, 1.165) is 5.30 Å². The summed E-state index contributed by atoms with van der Waals surface area (Å²) in [7, 11) is 5.40. The van der Waals surface area contributed by atoms with Crippen LogP contribution in [0.15, 0.2) is 77.6 Å². The average Bonchev–Trinajstić information content (AvgIpc) is 2.87. The normalized spacial score (nSPS) is 10.7. The molecule has 4 aromatic rings. The van der Waals surface area contributed by atoms with Crippen molar-refractivity contribution in [1.29, 1.82) is 0 Å². The minimum absolute atomic E-state index is 0.0665. The fourth-order valence-corrected chi connectivity index (χ4v) is 4.04. The lowest BCUT2D eigenvalue weighted by atomic mass is 10.1. The summed E-state index contributed by atoms with van der Waals surface area (Å²) in [5.74, 6) is -0.437. The topological polar surface area (TPSA) is 86.6 Å². The predicted molar refractivity (Wildman–Crippen MR) is 134 cm³/mol. The zero-order chi connectivity index (χ0) is 24.2. The largest absolute Gasteiger partial charge is 0.497 e. The molecule has 1 heterocycles. The molecule has 7 nitrogen and oxygen atoms in total. The number of aromatic nitrogens is 1. The standard InChI is InChI=1S/C26H23N2O5P/c1-32-18-10-8-16(9-11-18)25(30)27-15-21-23(26(31)33-2)28(17-6-4-3-5-7-17)22-14-19(34)12-13-20(22)24(21)29/h3-14H,15,34H2,1-2H3,(H,27,30). The van der Waals surface area contributed by atoms with Crippen LogP contribution in [0.2, 0.25) is 0 Å². The van der Waals surface area contributed by atoms with Crippen molar-refractivity contribution in [2.75, 3.05) is 14.2 Å². The van der Waals surface area contributed by atoms with E-state index in [1.807, 2.05) is 36.4 Å². The van der Waals surface area contributed by atoms with Crippen molar-refractivity contribution in [2.45, 2.75) is 6.54 Å². The van der Waals surface area contributed by atoms with Gasteiger partial charge in [0, 0.05) is 23.2 Å². The monoisotopic (exact) mass is 474 g/mol. The summed E-state index contributed by atoms with van der Waals surface area (Å²) < 4.78 is 11.9. The number of amides is 1. The Morgan fingerprint density at radius 1 is 0.971 bits per heavy atom. The number of nitrogens with zero attached hydrogens (tertiary/aromatic N) is 1. The van der Waals surface area contributed by atoms with E-state index >= 15 is 0 Å². The van der Waals surface area contributed by atoms with Gasteiger partial charge in [-0.2, -0.15) is 0 Å². The summed E-state index contributed by atoms with van der Waals surface area (Å²) in [6, 6.07) is 21.2. The van der Waals surface area contributed by atoms with Gasteiger partial charge in [0.15, 0.2) is 5.43 Å². The number of hydrogen-bond acceptors (Lipinski definition) is 5. The fourth-order valence-electron chi connectivity index (χ4n) is 3.78. The summed E-state index contributed by atoms with van der Waals surface area (Å²) in [4.78, 5) is 39.2. The number of pyridine rings is 1. The first-order valence-electron chi connectivity index (χ1n) is 10.5. The molecular weight excluding hydrogens is 451 g/mol. The summed E-state index contributed by atoms with van der Waals surface area (Å²) in [6.45, 7) is -0.153. The highest BCUT2D eigenvalue weighted by Crippen LogP contribution is 2.23. The summed E-state index contributed by atoms with van der Waals surface area (Å²) >= 11 is 0. The van der Waals surface area contributed by atoms with Crippen LogP contribution in [-0.4, -0.2) is 30.7 Å². The third-order valence-corrected chi connectivity index (χ3v) is 5.82. The van der Waals surface area contributed by atoms with Crippen molar-refractivity contribution < 1.29 is 19.1 Å². The van der Waals surface area contributed by atoms with Gasteiger partial charge in [0.25, 0.3) is 5.91 Å². The van der Waals surface area contributed by atoms with Crippen molar-refractivity contribution in [3.63, 3.8) is 0 Å². The summed E-state index contributed by atoms with van der Waals surface area (Å²) in [5, 5.41) is 4.04. The first-order valence-corrected chi connectivity index (χ1v) is 11.1. The van der Waals surface area contributed by atoms with E-state index in [2.05, 4.69) is 14.6 Å². The van der Waals surface area contributed by atoms with Gasteiger partial charge in [-0.1, -0.05) is 24.3 Å². The quantitative estimate of drug-likeness (QED) is 0.343. The van der Waals surface area contributed by atoms with Gasteiger partial charge in [0.1, 0.15) is 11.4 Å². The molecule has 34 heavy (non-hydrogen) atoms. The maximum absolute atomic E-state index is 13.5. The molecule has 1 aromatic heterocycles. The number of methoxy groups -OCH3 is 2. The molecule has 4 rings (SSSR count). The van der Waals surface area contributed by atoms with Crippen LogP contribution >= 0.6 is 9.24 Å². The first-order chi connectivity index (χ1) is 16.4. The second-order valence-electron chi connectivity index (χ2n) is 7.51. The van der Waals surface area contributed by atoms with Gasteiger partial charge in [-0.15, -0.1) is 9.24 Å². The number of carbonyl (C=O) groups is 2. The molecule has 0 aliphatic heterocycles. The van der Waals surface area contributed by atoms with Crippen LogP contribution in [0.5, 0.6) is 5.75 Å². The van der Waals surface area contributed by atoms with Gasteiger partial charge in [0.2, 0.25) is 0 Å². The van der Waals surface area contributed by atoms with Crippen LogP contribution < -0.4 is 20.8 Å². The molecule has 0 radical (unpaired) electrons. The maximum Gasteiger partial charge on any atom is 0.355 e. The molecule has 1 atom stereocenters. The number of hydrogen-bond donors (Lipinski definition) is 1. The Kier molecular flexibility index (Phi) is 6.75. The Labute approximate surface area is 198 Å². The number of nitrogens with one attached hydrogen (secondary N) is 1. The molecule has 0 saturated heterocycles. The third kappa shape index (κ3) is 4.43. The second kappa shape index (κ2) is 9.89. The van der Waals surface area contributed by atoms with E-state index in [1.165, 1.54) is 7.11 Å². The van der Waals surface area contributed by atoms with Crippen LogP contribution in [0.1, 0.15) is 26.4 Å². The molecule has 0 spiro atoms. The SMILES string of the molecule is COC(=O)c1c(CNC(=O)c2ccc(OC)cc2)c(=O)c2ccc(P)cc2n1-c1ccccc1. The molecule has 0 aliphatic rings. The Morgan fingerprint density at radius 3 is 2.32 bits per heavy atom. The van der Waals surface area contributed by atoms with Gasteiger partial charge < -0.3 is 19.4 Å². The average molecular weight is 474 g/mol. The highest BCUT2D eigenvalue weighted by Gasteiger charge is 2.24. The van der Waals surface area contributed by atoms with Gasteiger partial charge in [-0.05, 0) is 53.8 Å². The van der Waals surface area contributed by atoms with Crippen LogP contribution in [-0.2, 0) is 11.3 Å². The van der Waals surface area contributed by atoms with Gasteiger partial charge in [0.05, 0.1) is 25.3 Å². The van der Waals surface area contributed by atoms with Crippen molar-refractivity contribution in [2.24, 2.45) is 0 Å². The van der Waals surface area contributed by atoms with E-state index in [4.69, 9.17) is 9.47 Å². The molecule has 0 fully saturated rings. The van der Waals surface area contributed by atoms with Gasteiger partial charge in [-0.25, -0.2) is 4.79 Å². The van der Waals surface area contributed by atoms with Crippen molar-refractivity contribution >= 4 is 37.3 Å². The number of carbonyl (C=O) groups excluding carboxylic acids is 2. The van der Waals surface area contributed by atoms with E-state index in [0.29, 0.717) is 27.9 Å². The van der Waals surface area contributed by atoms with E-state index in [-0.39, 0.29) is 29.1 Å². The number of esters is 1. The molecular formula is C26H23N2O5P. The van der Waals surface area contributed by atoms with Crippen LogP contribution in [0.25, 0.3) is 16.6 Å². The lowest BCUT2D eigenvalue weighted by Gasteiger charge is -2.20. The van der Waals surface area contributed by atoms with Crippen LogP contribution in [0.4, 0.5) is 0 Å². The lowest BCUT2D eigenvalue weighted by Crippen LogP contribution is -2.31. The van der Waals surface area contributed by atoms with Crippen molar-refractivity contribution in [3.8, 4) is 11.4 Å². The van der Waals surface area contributed by atoms with E-state index in [9.17, 15) is 14.4 Å². The minimum atomic E-state index is -0.675. The second-order valence-corrected chi connectivity index (χ2v) is 8.17. The highest BCUT2D eigenvalue weighted by molar-refractivity contribution is 7.27. The molecule has 0 aliphatic carbocycles. The molecule has 8 heteroatoms. The molecule has 1 amide bonds. The molecule has 172 valence electrons. The number of rotatable bonds is 6. The predicted octanol–water partition coefficient (Wildman–Crippen LogP) is 3.22. The Hall–Kier alpha value is -3.96. The van der Waals surface area contributed by atoms with E-state index in [1.54, 1.807) is 48.1 Å². The van der Waals surface area contributed by atoms with E-state index < -0.39 is 5.97 Å². The summed E-state index contributed by atoms with van der Waals surface area (Å²) in [5.41, 5.74) is 1.51. The maximum atomic E-state index is 13.5. The smallest absolute Gasteiger partial charge is 0.355 e. The van der Waals surface area contributed by atoms with Gasteiger partial charge >= 0.3 is 5.97 Å². The zero-order valence-electron chi connectivity index (χ0n) is 18.7. The Balaban J connectivity index is 1.87. The number of fused-ring (bicyclic) bond motifs is 1. The zero-order valence-corrected chi connectivity index (χ0v) is 19.9.